The van der Waals surface area contributed by atoms with Crippen LogP contribution in [0.2, 0.25) is 0 Å². The first kappa shape index (κ1) is 21.2. The Balaban J connectivity index is 2.49. The summed E-state index contributed by atoms with van der Waals surface area (Å²) in [6.45, 7) is 6.32. The Bertz CT molecular complexity index is 613. The molecule has 0 aromatic heterocycles. The van der Waals surface area contributed by atoms with E-state index in [4.69, 9.17) is 9.47 Å². The van der Waals surface area contributed by atoms with Gasteiger partial charge in [-0.25, -0.2) is 15.0 Å². The van der Waals surface area contributed by atoms with E-state index in [9.17, 15) is 19.5 Å². The van der Waals surface area contributed by atoms with Gasteiger partial charge in [-0.2, -0.15) is 0 Å². The van der Waals surface area contributed by atoms with Crippen molar-refractivity contribution in [2.75, 3.05) is 0 Å². The van der Waals surface area contributed by atoms with Crippen LogP contribution in [-0.4, -0.2) is 40.9 Å². The lowest BCUT2D eigenvalue weighted by molar-refractivity contribution is -0.126. The number of amides is 3. The lowest BCUT2D eigenvalue weighted by Gasteiger charge is -2.22. The zero-order valence-corrected chi connectivity index (χ0v) is 15.2. The number of carbonyl (C=O) groups is 3. The average Bonchev–Trinajstić information content (AvgIpc) is 2.55. The van der Waals surface area contributed by atoms with E-state index >= 15 is 0 Å². The highest BCUT2D eigenvalue weighted by Gasteiger charge is 2.27. The molecule has 9 heteroatoms. The van der Waals surface area contributed by atoms with Gasteiger partial charge in [0.05, 0.1) is 6.10 Å². The molecule has 1 aromatic carbocycles. The zero-order valence-electron chi connectivity index (χ0n) is 15.2. The quantitative estimate of drug-likeness (QED) is 0.580. The monoisotopic (exact) mass is 367 g/mol. The Morgan fingerprint density at radius 2 is 1.69 bits per heavy atom. The number of aliphatic hydroxyl groups is 1. The van der Waals surface area contributed by atoms with Gasteiger partial charge < -0.3 is 19.9 Å². The van der Waals surface area contributed by atoms with E-state index in [1.54, 1.807) is 45.0 Å². The smallest absolute Gasteiger partial charge is 0.426 e. The van der Waals surface area contributed by atoms with Gasteiger partial charge in [0, 0.05) is 0 Å². The Morgan fingerprint density at radius 3 is 2.23 bits per heavy atom. The second-order valence-corrected chi connectivity index (χ2v) is 6.54. The Morgan fingerprint density at radius 1 is 1.08 bits per heavy atom. The van der Waals surface area contributed by atoms with Crippen LogP contribution in [-0.2, 0) is 20.9 Å². The van der Waals surface area contributed by atoms with Crippen molar-refractivity contribution in [1.29, 1.82) is 0 Å². The average molecular weight is 367 g/mol. The molecule has 0 aliphatic carbocycles. The van der Waals surface area contributed by atoms with Gasteiger partial charge in [-0.1, -0.05) is 30.3 Å². The van der Waals surface area contributed by atoms with Crippen molar-refractivity contribution in [3.05, 3.63) is 35.9 Å². The minimum Gasteiger partial charge on any atom is -0.445 e. The van der Waals surface area contributed by atoms with E-state index < -0.39 is 35.8 Å². The van der Waals surface area contributed by atoms with Crippen LogP contribution < -0.4 is 16.2 Å². The summed E-state index contributed by atoms with van der Waals surface area (Å²) in [5.74, 6) is -0.831. The van der Waals surface area contributed by atoms with Gasteiger partial charge in [0.2, 0.25) is 0 Å². The number of hydrogen-bond donors (Lipinski definition) is 4. The predicted octanol–water partition coefficient (Wildman–Crippen LogP) is 1.22. The fourth-order valence-corrected chi connectivity index (χ4v) is 1.79. The Hall–Kier alpha value is -2.81. The van der Waals surface area contributed by atoms with Gasteiger partial charge in [-0.05, 0) is 33.3 Å². The zero-order chi connectivity index (χ0) is 19.7. The standard InChI is InChI=1S/C17H25N3O6/c1-11(21)13(14(22)19-20-16(24)26-17(2,3)4)18-15(23)25-10-12-8-6-5-7-9-12/h5-9,11,13,21H,10H2,1-4H3,(H,18,23)(H,19,22)(H,20,24)/t11-,13+/m1/s1. The SMILES string of the molecule is C[C@@H](O)[C@H](NC(=O)OCc1ccccc1)C(=O)NNC(=O)OC(C)(C)C. The fourth-order valence-electron chi connectivity index (χ4n) is 1.79. The van der Waals surface area contributed by atoms with E-state index in [2.05, 4.69) is 10.7 Å². The molecule has 9 nitrogen and oxygen atoms in total. The molecule has 26 heavy (non-hydrogen) atoms. The van der Waals surface area contributed by atoms with Gasteiger partial charge in [0.15, 0.2) is 0 Å². The summed E-state index contributed by atoms with van der Waals surface area (Å²) in [6, 6.07) is 7.65. The summed E-state index contributed by atoms with van der Waals surface area (Å²) >= 11 is 0. The Labute approximate surface area is 152 Å². The van der Waals surface area contributed by atoms with Crippen LogP contribution in [0.4, 0.5) is 9.59 Å². The van der Waals surface area contributed by atoms with Crippen LogP contribution in [0.1, 0.15) is 33.3 Å². The second kappa shape index (κ2) is 9.62. The van der Waals surface area contributed by atoms with Crippen LogP contribution in [0.15, 0.2) is 30.3 Å². The van der Waals surface area contributed by atoms with Crippen molar-refractivity contribution >= 4 is 18.1 Å². The molecule has 0 aliphatic heterocycles. The summed E-state index contributed by atoms with van der Waals surface area (Å²) < 4.78 is 9.95. The Kier molecular flexibility index (Phi) is 7.85. The minimum absolute atomic E-state index is 0.0109. The lowest BCUT2D eigenvalue weighted by Crippen LogP contribution is -2.56. The maximum Gasteiger partial charge on any atom is 0.426 e. The fraction of sp³-hybridized carbons (Fsp3) is 0.471. The van der Waals surface area contributed by atoms with Crippen LogP contribution in [0.5, 0.6) is 0 Å². The minimum atomic E-state index is -1.33. The molecule has 0 saturated carbocycles. The molecule has 0 saturated heterocycles. The van der Waals surface area contributed by atoms with Crippen molar-refractivity contribution in [2.24, 2.45) is 0 Å². The molecule has 144 valence electrons. The number of aliphatic hydroxyl groups excluding tert-OH is 1. The van der Waals surface area contributed by atoms with Crippen molar-refractivity contribution in [3.8, 4) is 0 Å². The summed E-state index contributed by atoms with van der Waals surface area (Å²) in [6.07, 6.45) is -2.98. The molecular formula is C17H25N3O6. The predicted molar refractivity (Wildman–Crippen MR) is 92.7 cm³/mol. The van der Waals surface area contributed by atoms with Crippen molar-refractivity contribution in [2.45, 2.75) is 52.0 Å². The summed E-state index contributed by atoms with van der Waals surface area (Å²) in [7, 11) is 0. The number of carbonyl (C=O) groups excluding carboxylic acids is 3. The molecular weight excluding hydrogens is 342 g/mol. The largest absolute Gasteiger partial charge is 0.445 e. The van der Waals surface area contributed by atoms with E-state index in [1.807, 2.05) is 11.5 Å². The molecule has 4 N–H and O–H groups in total. The molecule has 2 atom stereocenters. The van der Waals surface area contributed by atoms with Gasteiger partial charge in [0.1, 0.15) is 18.2 Å². The number of hydrogen-bond acceptors (Lipinski definition) is 6. The molecule has 3 amide bonds. The molecule has 0 fully saturated rings. The summed E-state index contributed by atoms with van der Waals surface area (Å²) in [5.41, 5.74) is 4.15. The number of ether oxygens (including phenoxy) is 2. The number of nitrogens with one attached hydrogen (secondary N) is 3. The summed E-state index contributed by atoms with van der Waals surface area (Å²) in [4.78, 5) is 35.4. The van der Waals surface area contributed by atoms with E-state index in [0.29, 0.717) is 0 Å². The molecule has 0 aliphatic rings. The normalized spacial score (nSPS) is 13.1. The van der Waals surface area contributed by atoms with Crippen LogP contribution >= 0.6 is 0 Å². The third-order valence-electron chi connectivity index (χ3n) is 2.94. The van der Waals surface area contributed by atoms with Crippen molar-refractivity contribution < 1.29 is 29.0 Å². The molecule has 1 rings (SSSR count). The number of hydrazine groups is 1. The number of benzene rings is 1. The van der Waals surface area contributed by atoms with Gasteiger partial charge >= 0.3 is 12.2 Å². The van der Waals surface area contributed by atoms with E-state index in [-0.39, 0.29) is 6.61 Å². The van der Waals surface area contributed by atoms with Gasteiger partial charge in [0.25, 0.3) is 5.91 Å². The first-order valence-corrected chi connectivity index (χ1v) is 8.02. The van der Waals surface area contributed by atoms with Crippen LogP contribution in [0, 0.1) is 0 Å². The molecule has 0 radical (unpaired) electrons. The van der Waals surface area contributed by atoms with Crippen molar-refractivity contribution in [3.63, 3.8) is 0 Å². The number of rotatable bonds is 5. The highest BCUT2D eigenvalue weighted by atomic mass is 16.6. The first-order chi connectivity index (χ1) is 12.1. The molecule has 0 spiro atoms. The highest BCUT2D eigenvalue weighted by molar-refractivity contribution is 5.87. The topological polar surface area (TPSA) is 126 Å². The molecule has 1 aromatic rings. The summed E-state index contributed by atoms with van der Waals surface area (Å²) in [5, 5.41) is 11.9. The van der Waals surface area contributed by atoms with E-state index in [1.165, 1.54) is 6.92 Å². The third kappa shape index (κ3) is 8.34. The van der Waals surface area contributed by atoms with Gasteiger partial charge in [-0.3, -0.25) is 10.2 Å². The van der Waals surface area contributed by atoms with Crippen LogP contribution in [0.25, 0.3) is 0 Å². The first-order valence-electron chi connectivity index (χ1n) is 8.02. The molecule has 0 unspecified atom stereocenters. The van der Waals surface area contributed by atoms with E-state index in [0.717, 1.165) is 5.56 Å². The molecule has 0 bridgehead atoms. The molecule has 0 heterocycles. The number of alkyl carbamates (subject to hydrolysis) is 1. The van der Waals surface area contributed by atoms with Crippen LogP contribution in [0.3, 0.4) is 0 Å². The lowest BCUT2D eigenvalue weighted by atomic mass is 10.2. The van der Waals surface area contributed by atoms with Crippen molar-refractivity contribution in [1.82, 2.24) is 16.2 Å². The van der Waals surface area contributed by atoms with Gasteiger partial charge in [-0.15, -0.1) is 0 Å². The highest BCUT2D eigenvalue weighted by Crippen LogP contribution is 2.06. The maximum absolute atomic E-state index is 12.1. The second-order valence-electron chi connectivity index (χ2n) is 6.54. The maximum atomic E-state index is 12.1. The third-order valence-corrected chi connectivity index (χ3v) is 2.94.